The maximum atomic E-state index is 13.6. The Morgan fingerprint density at radius 2 is 1.82 bits per heavy atom. The van der Waals surface area contributed by atoms with Crippen LogP contribution in [-0.2, 0) is 0 Å². The van der Waals surface area contributed by atoms with Gasteiger partial charge in [-0.3, -0.25) is 4.98 Å². The van der Waals surface area contributed by atoms with E-state index in [1.54, 1.807) is 23.0 Å². The van der Waals surface area contributed by atoms with Crippen molar-refractivity contribution in [3.63, 3.8) is 0 Å². The third-order valence-electron chi connectivity index (χ3n) is 3.70. The number of pyridine rings is 1. The molecule has 0 spiro atoms. The molecule has 4 rings (SSSR count). The first kappa shape index (κ1) is 18.1. The van der Waals surface area contributed by atoms with Gasteiger partial charge in [-0.15, -0.1) is 0 Å². The summed E-state index contributed by atoms with van der Waals surface area (Å²) in [6.07, 6.45) is 7.50. The maximum absolute atomic E-state index is 13.6. The average Bonchev–Trinajstić information content (AvgIpc) is 3.14. The molecule has 3 aromatic heterocycles. The van der Waals surface area contributed by atoms with Crippen LogP contribution >= 0.6 is 23.4 Å². The fourth-order valence-electron chi connectivity index (χ4n) is 2.43. The molecule has 0 N–H and O–H groups in total. The van der Waals surface area contributed by atoms with Crippen molar-refractivity contribution in [1.29, 1.82) is 5.26 Å². The van der Waals surface area contributed by atoms with Gasteiger partial charge in [0.05, 0.1) is 23.0 Å². The van der Waals surface area contributed by atoms with E-state index in [2.05, 4.69) is 20.1 Å². The highest BCUT2D eigenvalue weighted by molar-refractivity contribution is 7.99. The summed E-state index contributed by atoms with van der Waals surface area (Å²) in [5.74, 6) is -0.382. The molecule has 0 amide bonds. The fraction of sp³-hybridized carbons (Fsp3) is 0. The monoisotopic (exact) mass is 408 g/mol. The van der Waals surface area contributed by atoms with Gasteiger partial charge in [0.25, 0.3) is 0 Å². The lowest BCUT2D eigenvalue weighted by Gasteiger charge is -2.02. The van der Waals surface area contributed by atoms with E-state index >= 15 is 0 Å². The lowest BCUT2D eigenvalue weighted by atomic mass is 10.2. The van der Waals surface area contributed by atoms with E-state index in [0.29, 0.717) is 22.0 Å². The van der Waals surface area contributed by atoms with Crippen LogP contribution in [0.1, 0.15) is 5.82 Å². The Bertz CT molecular complexity index is 1170. The summed E-state index contributed by atoms with van der Waals surface area (Å²) in [6.45, 7) is 0. The fourth-order valence-corrected chi connectivity index (χ4v) is 3.49. The van der Waals surface area contributed by atoms with E-state index in [0.717, 1.165) is 16.0 Å². The molecule has 0 atom stereocenters. The molecule has 9 heteroatoms. The minimum Gasteiger partial charge on any atom is -0.259 e. The van der Waals surface area contributed by atoms with Crippen LogP contribution in [0.15, 0.2) is 71.1 Å². The topological polar surface area (TPSA) is 80.3 Å². The first-order valence-corrected chi connectivity index (χ1v) is 9.18. The van der Waals surface area contributed by atoms with Gasteiger partial charge in [0.15, 0.2) is 0 Å². The molecule has 3 heterocycles. The Kier molecular flexibility index (Phi) is 5.02. The highest BCUT2D eigenvalue weighted by atomic mass is 35.5. The van der Waals surface area contributed by atoms with E-state index in [1.165, 1.54) is 36.4 Å². The molecule has 0 aliphatic carbocycles. The second kappa shape index (κ2) is 7.76. The minimum absolute atomic E-state index is 0.0735. The highest BCUT2D eigenvalue weighted by Gasteiger charge is 2.15. The molecule has 0 saturated heterocycles. The molecule has 1 aromatic carbocycles. The quantitative estimate of drug-likeness (QED) is 0.493. The van der Waals surface area contributed by atoms with E-state index in [9.17, 15) is 4.39 Å². The molecule has 0 radical (unpaired) electrons. The van der Waals surface area contributed by atoms with Crippen LogP contribution in [0.25, 0.3) is 16.9 Å². The van der Waals surface area contributed by atoms with Gasteiger partial charge in [-0.05, 0) is 24.3 Å². The smallest absolute Gasteiger partial charge is 0.232 e. The predicted octanol–water partition coefficient (Wildman–Crippen LogP) is 4.54. The summed E-state index contributed by atoms with van der Waals surface area (Å²) in [7, 11) is 0. The first-order chi connectivity index (χ1) is 13.6. The number of hydrogen-bond donors (Lipinski definition) is 0. The molecule has 0 fully saturated rings. The second-order valence-corrected chi connectivity index (χ2v) is 7.16. The van der Waals surface area contributed by atoms with Crippen LogP contribution in [0.4, 0.5) is 4.39 Å². The summed E-state index contributed by atoms with van der Waals surface area (Å²) in [5.41, 5.74) is 1.73. The Hall–Kier alpha value is -3.28. The Morgan fingerprint density at radius 1 is 1.07 bits per heavy atom. The van der Waals surface area contributed by atoms with Crippen LogP contribution < -0.4 is 0 Å². The normalized spacial score (nSPS) is 10.6. The van der Waals surface area contributed by atoms with E-state index in [1.807, 2.05) is 18.2 Å². The number of hydrogen-bond acceptors (Lipinski definition) is 6. The Labute approximate surface area is 168 Å². The molecule has 136 valence electrons. The van der Waals surface area contributed by atoms with Gasteiger partial charge in [0, 0.05) is 40.1 Å². The highest BCUT2D eigenvalue weighted by Crippen LogP contribution is 2.36. The van der Waals surface area contributed by atoms with Crippen molar-refractivity contribution in [2.24, 2.45) is 0 Å². The van der Waals surface area contributed by atoms with E-state index in [4.69, 9.17) is 16.9 Å². The van der Waals surface area contributed by atoms with E-state index in [-0.39, 0.29) is 5.82 Å². The van der Waals surface area contributed by atoms with Crippen molar-refractivity contribution in [1.82, 2.24) is 24.7 Å². The van der Waals surface area contributed by atoms with Gasteiger partial charge >= 0.3 is 0 Å². The van der Waals surface area contributed by atoms with E-state index < -0.39 is 5.82 Å². The number of benzene rings is 1. The summed E-state index contributed by atoms with van der Waals surface area (Å²) in [6, 6.07) is 10.6. The zero-order valence-electron chi connectivity index (χ0n) is 14.1. The lowest BCUT2D eigenvalue weighted by Crippen LogP contribution is -1.97. The van der Waals surface area contributed by atoms with Gasteiger partial charge in [-0.1, -0.05) is 23.4 Å². The summed E-state index contributed by atoms with van der Waals surface area (Å²) in [4.78, 5) is 13.6. The van der Waals surface area contributed by atoms with Gasteiger partial charge in [0.2, 0.25) is 5.82 Å². The molecule has 0 saturated carbocycles. The SMILES string of the molecule is N#Cc1ncc(-c2nn(-c3cncc(F)c3)cc2Sc2ccc(Cl)cc2)cn1. The molecule has 0 bridgehead atoms. The minimum atomic E-state index is -0.455. The molecule has 28 heavy (non-hydrogen) atoms. The van der Waals surface area contributed by atoms with Crippen molar-refractivity contribution >= 4 is 23.4 Å². The van der Waals surface area contributed by atoms with Gasteiger partial charge < -0.3 is 0 Å². The lowest BCUT2D eigenvalue weighted by molar-refractivity contribution is 0.618. The summed E-state index contributed by atoms with van der Waals surface area (Å²) >= 11 is 7.43. The van der Waals surface area contributed by atoms with Crippen molar-refractivity contribution in [2.45, 2.75) is 9.79 Å². The Morgan fingerprint density at radius 3 is 2.50 bits per heavy atom. The van der Waals surface area contributed by atoms with Crippen molar-refractivity contribution in [2.75, 3.05) is 0 Å². The number of aromatic nitrogens is 5. The Balaban J connectivity index is 1.79. The average molecular weight is 409 g/mol. The zero-order valence-corrected chi connectivity index (χ0v) is 15.7. The van der Waals surface area contributed by atoms with Gasteiger partial charge in [-0.25, -0.2) is 19.0 Å². The maximum Gasteiger partial charge on any atom is 0.232 e. The van der Waals surface area contributed by atoms with Gasteiger partial charge in [-0.2, -0.15) is 10.4 Å². The van der Waals surface area contributed by atoms with Crippen molar-refractivity contribution in [3.8, 4) is 23.0 Å². The first-order valence-electron chi connectivity index (χ1n) is 7.99. The number of rotatable bonds is 4. The van der Waals surface area contributed by atoms with Crippen molar-refractivity contribution < 1.29 is 4.39 Å². The standard InChI is InChI=1S/C19H10ClFN6S/c20-13-1-3-16(4-2-13)28-17-11-27(15-5-14(21)9-23-10-15)26-19(17)12-7-24-18(6-22)25-8-12/h1-5,7-11H. The van der Waals surface area contributed by atoms with Crippen LogP contribution in [-0.4, -0.2) is 24.7 Å². The second-order valence-electron chi connectivity index (χ2n) is 5.61. The number of nitrogens with zero attached hydrogens (tertiary/aromatic N) is 6. The molecule has 0 aliphatic heterocycles. The zero-order chi connectivity index (χ0) is 19.5. The summed E-state index contributed by atoms with van der Waals surface area (Å²) in [5, 5.41) is 14.1. The third kappa shape index (κ3) is 3.86. The molecular weight excluding hydrogens is 399 g/mol. The molecule has 6 nitrogen and oxygen atoms in total. The van der Waals surface area contributed by atoms with Crippen LogP contribution in [0.5, 0.6) is 0 Å². The molecule has 0 aliphatic rings. The third-order valence-corrected chi connectivity index (χ3v) is 4.98. The predicted molar refractivity (Wildman–Crippen MR) is 103 cm³/mol. The van der Waals surface area contributed by atoms with Crippen LogP contribution in [0, 0.1) is 17.1 Å². The molecule has 4 aromatic rings. The largest absolute Gasteiger partial charge is 0.259 e. The van der Waals surface area contributed by atoms with Crippen molar-refractivity contribution in [3.05, 3.63) is 78.0 Å². The van der Waals surface area contributed by atoms with Crippen LogP contribution in [0.2, 0.25) is 5.02 Å². The van der Waals surface area contributed by atoms with Crippen LogP contribution in [0.3, 0.4) is 0 Å². The number of nitriles is 1. The summed E-state index contributed by atoms with van der Waals surface area (Å²) < 4.78 is 15.1. The molecule has 0 unspecified atom stereocenters. The van der Waals surface area contributed by atoms with Gasteiger partial charge in [0.1, 0.15) is 17.6 Å². The molecular formula is C19H10ClFN6S. The number of halogens is 2.